The number of nitrogens with zero attached hydrogens (tertiary/aromatic N) is 3. The zero-order chi connectivity index (χ0) is 21.9. The van der Waals surface area contributed by atoms with Gasteiger partial charge in [0.1, 0.15) is 33.1 Å². The third-order valence-corrected chi connectivity index (χ3v) is 8.48. The van der Waals surface area contributed by atoms with E-state index in [1.807, 2.05) is 0 Å². The molecule has 2 aromatic heterocycles. The lowest BCUT2D eigenvalue weighted by Crippen LogP contribution is -2.55. The zero-order valence-electron chi connectivity index (χ0n) is 16.6. The number of rotatable bonds is 3. The number of halogens is 2. The Morgan fingerprint density at radius 2 is 2.00 bits per heavy atom. The molecule has 0 bridgehead atoms. The van der Waals surface area contributed by atoms with E-state index >= 15 is 0 Å². The highest BCUT2D eigenvalue weighted by atomic mass is 35.5. The molecule has 0 fully saturated rings. The molecule has 0 unspecified atom stereocenters. The minimum atomic E-state index is -3.65. The van der Waals surface area contributed by atoms with Crippen LogP contribution < -0.4 is 5.73 Å². The fourth-order valence-corrected chi connectivity index (χ4v) is 5.37. The number of hydrogen-bond donors (Lipinski definition) is 1. The summed E-state index contributed by atoms with van der Waals surface area (Å²) in [4.78, 5) is 8.65. The minimum Gasteiger partial charge on any atom is -0.386 e. The Kier molecular flexibility index (Phi) is 4.66. The Hall–Kier alpha value is -2.52. The number of aromatic nitrogens is 2. The molecule has 0 radical (unpaired) electrons. The molecule has 2 N–H and O–H groups in total. The maximum Gasteiger partial charge on any atom is 0.187 e. The van der Waals surface area contributed by atoms with Gasteiger partial charge in [0.2, 0.25) is 0 Å². The Labute approximate surface area is 178 Å². The molecular weight excluding hydrogens is 431 g/mol. The first-order chi connectivity index (χ1) is 13.9. The summed E-state index contributed by atoms with van der Waals surface area (Å²) in [7, 11) is -3.65. The third kappa shape index (κ3) is 3.26. The SMILES string of the molecule is CC1(C)C(N)=N[C@@](C)(c2cc(Cc3noc4cc(Cl)cnc34)ccc2F)CS1(=O)=O. The van der Waals surface area contributed by atoms with E-state index < -0.39 is 25.9 Å². The third-order valence-electron chi connectivity index (χ3n) is 5.56. The van der Waals surface area contributed by atoms with Crippen molar-refractivity contribution >= 4 is 38.4 Å². The van der Waals surface area contributed by atoms with Gasteiger partial charge in [0, 0.05) is 24.2 Å². The molecule has 0 amide bonds. The number of amidine groups is 1. The van der Waals surface area contributed by atoms with Gasteiger partial charge < -0.3 is 10.3 Å². The molecule has 10 heteroatoms. The summed E-state index contributed by atoms with van der Waals surface area (Å²) in [6, 6.07) is 6.10. The predicted molar refractivity (Wildman–Crippen MR) is 113 cm³/mol. The van der Waals surface area contributed by atoms with E-state index in [-0.39, 0.29) is 17.2 Å². The Morgan fingerprint density at radius 3 is 2.70 bits per heavy atom. The van der Waals surface area contributed by atoms with Crippen LogP contribution in [0.5, 0.6) is 0 Å². The van der Waals surface area contributed by atoms with E-state index in [1.165, 1.54) is 26.1 Å². The molecule has 1 aromatic carbocycles. The number of nitrogens with two attached hydrogens (primary N) is 1. The van der Waals surface area contributed by atoms with Crippen molar-refractivity contribution in [3.63, 3.8) is 0 Å². The second-order valence-electron chi connectivity index (χ2n) is 8.16. The van der Waals surface area contributed by atoms with Crippen LogP contribution >= 0.6 is 11.6 Å². The maximum atomic E-state index is 14.8. The van der Waals surface area contributed by atoms with Gasteiger partial charge in [-0.15, -0.1) is 0 Å². The van der Waals surface area contributed by atoms with Crippen LogP contribution in [0.15, 0.2) is 40.0 Å². The van der Waals surface area contributed by atoms with Crippen molar-refractivity contribution in [2.24, 2.45) is 10.7 Å². The molecule has 3 aromatic rings. The fraction of sp³-hybridized carbons (Fsp3) is 0.350. The monoisotopic (exact) mass is 450 g/mol. The summed E-state index contributed by atoms with van der Waals surface area (Å²) in [5, 5.41) is 4.46. The summed E-state index contributed by atoms with van der Waals surface area (Å²) in [6.45, 7) is 4.58. The molecule has 1 aliphatic heterocycles. The van der Waals surface area contributed by atoms with Crippen LogP contribution in [0.25, 0.3) is 11.1 Å². The van der Waals surface area contributed by atoms with Gasteiger partial charge >= 0.3 is 0 Å². The number of hydrogen-bond acceptors (Lipinski definition) is 7. The summed E-state index contributed by atoms with van der Waals surface area (Å²) < 4.78 is 44.4. The van der Waals surface area contributed by atoms with Gasteiger partial charge in [0.15, 0.2) is 15.4 Å². The van der Waals surface area contributed by atoms with E-state index in [0.29, 0.717) is 33.8 Å². The molecule has 1 aliphatic rings. The van der Waals surface area contributed by atoms with E-state index in [9.17, 15) is 12.8 Å². The smallest absolute Gasteiger partial charge is 0.187 e. The Bertz CT molecular complexity index is 1300. The molecule has 3 heterocycles. The van der Waals surface area contributed by atoms with Crippen molar-refractivity contribution in [2.75, 3.05) is 5.75 Å². The van der Waals surface area contributed by atoms with Gasteiger partial charge in [-0.1, -0.05) is 28.9 Å². The van der Waals surface area contributed by atoms with Gasteiger partial charge in [0.05, 0.1) is 10.8 Å². The topological polar surface area (TPSA) is 111 Å². The first-order valence-corrected chi connectivity index (χ1v) is 11.2. The molecule has 158 valence electrons. The molecule has 0 spiro atoms. The maximum absolute atomic E-state index is 14.8. The molecule has 4 rings (SSSR count). The lowest BCUT2D eigenvalue weighted by atomic mass is 9.91. The van der Waals surface area contributed by atoms with Crippen molar-refractivity contribution in [1.29, 1.82) is 0 Å². The average molecular weight is 451 g/mol. The molecular formula is C20H20ClFN4O3S. The van der Waals surface area contributed by atoms with Crippen LogP contribution in [0.2, 0.25) is 5.02 Å². The normalized spacial score (nSPS) is 22.8. The van der Waals surface area contributed by atoms with Crippen LogP contribution in [-0.2, 0) is 21.8 Å². The summed E-state index contributed by atoms with van der Waals surface area (Å²) in [6.07, 6.45) is 1.80. The highest BCUT2D eigenvalue weighted by Gasteiger charge is 2.49. The first-order valence-electron chi connectivity index (χ1n) is 9.20. The van der Waals surface area contributed by atoms with Gasteiger partial charge in [-0.25, -0.2) is 17.8 Å². The van der Waals surface area contributed by atoms with Gasteiger partial charge in [-0.2, -0.15) is 0 Å². The summed E-state index contributed by atoms with van der Waals surface area (Å²) in [5.74, 6) is -0.937. The van der Waals surface area contributed by atoms with Gasteiger partial charge in [0.25, 0.3) is 0 Å². The lowest BCUT2D eigenvalue weighted by molar-refractivity contribution is 0.448. The van der Waals surface area contributed by atoms with Crippen LogP contribution in [0.1, 0.15) is 37.6 Å². The van der Waals surface area contributed by atoms with E-state index in [2.05, 4.69) is 15.1 Å². The second kappa shape index (κ2) is 6.75. The zero-order valence-corrected chi connectivity index (χ0v) is 18.2. The standard InChI is InChI=1S/C20H20ClFN4O3S/c1-19(2)18(23)25-20(3,10-30(19,27)28)13-6-11(4-5-14(13)22)7-15-17-16(29-26-15)8-12(21)9-24-17/h4-6,8-9H,7,10H2,1-3H3,(H2,23,25)/t20-/m1/s1. The van der Waals surface area contributed by atoms with E-state index in [4.69, 9.17) is 21.9 Å². The number of aliphatic imine (C=N–C) groups is 1. The second-order valence-corrected chi connectivity index (χ2v) is 11.1. The van der Waals surface area contributed by atoms with Crippen molar-refractivity contribution in [3.05, 3.63) is 58.1 Å². The quantitative estimate of drug-likeness (QED) is 0.654. The highest BCUT2D eigenvalue weighted by Crippen LogP contribution is 2.38. The van der Waals surface area contributed by atoms with Crippen LogP contribution in [0, 0.1) is 5.82 Å². The highest BCUT2D eigenvalue weighted by molar-refractivity contribution is 7.93. The molecule has 0 saturated heterocycles. The van der Waals surface area contributed by atoms with Crippen LogP contribution in [0.4, 0.5) is 4.39 Å². The molecule has 0 saturated carbocycles. The van der Waals surface area contributed by atoms with E-state index in [0.717, 1.165) is 0 Å². The number of pyridine rings is 1. The fourth-order valence-electron chi connectivity index (χ4n) is 3.54. The van der Waals surface area contributed by atoms with E-state index in [1.54, 1.807) is 25.1 Å². The summed E-state index contributed by atoms with van der Waals surface area (Å²) in [5.41, 5.74) is 7.07. The Balaban J connectivity index is 1.76. The minimum absolute atomic E-state index is 0.0374. The number of benzene rings is 1. The predicted octanol–water partition coefficient (Wildman–Crippen LogP) is 3.39. The van der Waals surface area contributed by atoms with Crippen molar-refractivity contribution in [1.82, 2.24) is 10.1 Å². The van der Waals surface area contributed by atoms with Crippen LogP contribution in [0.3, 0.4) is 0 Å². The molecule has 1 atom stereocenters. The number of fused-ring (bicyclic) bond motifs is 1. The van der Waals surface area contributed by atoms with Gasteiger partial charge in [-0.05, 0) is 32.4 Å². The molecule has 0 aliphatic carbocycles. The average Bonchev–Trinajstić information content (AvgIpc) is 3.03. The first kappa shape index (κ1) is 20.7. The number of sulfone groups is 1. The van der Waals surface area contributed by atoms with Crippen LogP contribution in [-0.4, -0.2) is 34.9 Å². The van der Waals surface area contributed by atoms with Crippen molar-refractivity contribution in [2.45, 2.75) is 37.5 Å². The molecule has 7 nitrogen and oxygen atoms in total. The van der Waals surface area contributed by atoms with Gasteiger partial charge in [-0.3, -0.25) is 4.99 Å². The van der Waals surface area contributed by atoms with Crippen molar-refractivity contribution in [3.8, 4) is 0 Å². The van der Waals surface area contributed by atoms with Crippen molar-refractivity contribution < 1.29 is 17.3 Å². The summed E-state index contributed by atoms with van der Waals surface area (Å²) >= 11 is 5.92. The largest absolute Gasteiger partial charge is 0.386 e. The Morgan fingerprint density at radius 1 is 1.27 bits per heavy atom. The lowest BCUT2D eigenvalue weighted by Gasteiger charge is -2.38. The molecule has 30 heavy (non-hydrogen) atoms.